The molecule has 9 heteroatoms. The number of hydrogen-bond donors (Lipinski definition) is 2. The molecular formula is C17H15F3N4O2. The third-order valence-electron chi connectivity index (χ3n) is 4.74. The van der Waals surface area contributed by atoms with Gasteiger partial charge in [0.15, 0.2) is 0 Å². The van der Waals surface area contributed by atoms with E-state index in [0.717, 1.165) is 25.1 Å². The maximum atomic E-state index is 12.7. The Morgan fingerprint density at radius 1 is 1.23 bits per heavy atom. The van der Waals surface area contributed by atoms with E-state index in [9.17, 15) is 22.8 Å². The molecule has 1 aromatic heterocycles. The van der Waals surface area contributed by atoms with Gasteiger partial charge in [0.1, 0.15) is 5.66 Å². The molecular weight excluding hydrogens is 349 g/mol. The van der Waals surface area contributed by atoms with Crippen molar-refractivity contribution in [2.45, 2.75) is 31.1 Å². The summed E-state index contributed by atoms with van der Waals surface area (Å²) < 4.78 is 38.2. The van der Waals surface area contributed by atoms with Crippen molar-refractivity contribution in [3.63, 3.8) is 0 Å². The van der Waals surface area contributed by atoms with Crippen LogP contribution in [0.15, 0.2) is 35.1 Å². The lowest BCUT2D eigenvalue weighted by molar-refractivity contribution is -0.137. The zero-order valence-electron chi connectivity index (χ0n) is 13.5. The van der Waals surface area contributed by atoms with Gasteiger partial charge in [0.2, 0.25) is 5.91 Å². The molecule has 2 fully saturated rings. The first-order valence-corrected chi connectivity index (χ1v) is 8.19. The number of anilines is 1. The summed E-state index contributed by atoms with van der Waals surface area (Å²) in [6.45, 7) is 0. The predicted molar refractivity (Wildman–Crippen MR) is 86.1 cm³/mol. The number of halogens is 3. The molecule has 2 unspecified atom stereocenters. The van der Waals surface area contributed by atoms with Crippen LogP contribution in [0.5, 0.6) is 0 Å². The highest BCUT2D eigenvalue weighted by molar-refractivity contribution is 6.07. The number of amides is 2. The third-order valence-corrected chi connectivity index (χ3v) is 4.74. The number of nitrogens with one attached hydrogen (secondary N) is 2. The largest absolute Gasteiger partial charge is 0.417 e. The van der Waals surface area contributed by atoms with E-state index in [0.29, 0.717) is 18.2 Å². The van der Waals surface area contributed by atoms with Crippen LogP contribution in [-0.4, -0.2) is 28.7 Å². The summed E-state index contributed by atoms with van der Waals surface area (Å²) >= 11 is 0. The standard InChI is InChI=1S/C17H15F3N4O2/c18-17(19,20)10-5-11(8-21-7-10)23-15(26)12-3-4-22-16(6-13(12)16)24-14(25)9-1-2-9/h3-5,7-9,13H,1-2,6H2,(H,23,26)(H,24,25). The molecule has 4 rings (SSSR count). The smallest absolute Gasteiger partial charge is 0.331 e. The molecule has 2 saturated carbocycles. The predicted octanol–water partition coefficient (Wildman–Crippen LogP) is 2.29. The maximum Gasteiger partial charge on any atom is 0.417 e. The van der Waals surface area contributed by atoms with Gasteiger partial charge in [-0.05, 0) is 25.0 Å². The number of allylic oxidation sites excluding steroid dienone is 1. The molecule has 1 aromatic rings. The average Bonchev–Trinajstić information content (AvgIpc) is 3.47. The van der Waals surface area contributed by atoms with Gasteiger partial charge in [-0.15, -0.1) is 0 Å². The second-order valence-electron chi connectivity index (χ2n) is 6.76. The van der Waals surface area contributed by atoms with Crippen molar-refractivity contribution < 1.29 is 22.8 Å². The summed E-state index contributed by atoms with van der Waals surface area (Å²) in [6.07, 6.45) is 2.52. The molecule has 0 bridgehead atoms. The van der Waals surface area contributed by atoms with E-state index in [4.69, 9.17) is 0 Å². The molecule has 2 heterocycles. The zero-order valence-corrected chi connectivity index (χ0v) is 13.5. The summed E-state index contributed by atoms with van der Waals surface area (Å²) in [5.41, 5.74) is -1.38. The first-order chi connectivity index (χ1) is 12.3. The summed E-state index contributed by atoms with van der Waals surface area (Å²) in [6, 6.07) is 0.831. The molecule has 1 aliphatic heterocycles. The fraction of sp³-hybridized carbons (Fsp3) is 0.412. The molecule has 3 aliphatic rings. The Balaban J connectivity index is 1.45. The van der Waals surface area contributed by atoms with E-state index in [1.807, 2.05) is 0 Å². The minimum Gasteiger partial charge on any atom is -0.331 e. The maximum absolute atomic E-state index is 12.7. The third kappa shape index (κ3) is 3.09. The van der Waals surface area contributed by atoms with Crippen LogP contribution in [0.2, 0.25) is 0 Å². The summed E-state index contributed by atoms with van der Waals surface area (Å²) in [7, 11) is 0. The second-order valence-corrected chi connectivity index (χ2v) is 6.76. The lowest BCUT2D eigenvalue weighted by Gasteiger charge is -2.19. The van der Waals surface area contributed by atoms with Crippen LogP contribution >= 0.6 is 0 Å². The van der Waals surface area contributed by atoms with Crippen molar-refractivity contribution in [1.29, 1.82) is 0 Å². The number of alkyl halides is 3. The van der Waals surface area contributed by atoms with E-state index in [1.165, 1.54) is 12.3 Å². The van der Waals surface area contributed by atoms with Gasteiger partial charge in [-0.2, -0.15) is 13.2 Å². The highest BCUT2D eigenvalue weighted by Crippen LogP contribution is 2.51. The Morgan fingerprint density at radius 3 is 2.69 bits per heavy atom. The first-order valence-electron chi connectivity index (χ1n) is 8.19. The summed E-state index contributed by atoms with van der Waals surface area (Å²) in [4.78, 5) is 32.3. The number of aromatic nitrogens is 1. The average molecular weight is 364 g/mol. The SMILES string of the molecule is O=C(Nc1cncc(C(F)(F)F)c1)C1=CC=NC2(NC(=O)C3CC3)CC12. The monoisotopic (exact) mass is 364 g/mol. The Bertz CT molecular complexity index is 845. The van der Waals surface area contributed by atoms with Crippen molar-refractivity contribution in [3.8, 4) is 0 Å². The number of aliphatic imine (C=N–C) groups is 1. The van der Waals surface area contributed by atoms with Gasteiger partial charge in [-0.25, -0.2) is 0 Å². The molecule has 26 heavy (non-hydrogen) atoms. The zero-order chi connectivity index (χ0) is 18.5. The van der Waals surface area contributed by atoms with Gasteiger partial charge >= 0.3 is 6.18 Å². The van der Waals surface area contributed by atoms with Crippen molar-refractivity contribution in [2.75, 3.05) is 5.32 Å². The van der Waals surface area contributed by atoms with Gasteiger partial charge in [-0.1, -0.05) is 0 Å². The number of hydrogen-bond acceptors (Lipinski definition) is 4. The first kappa shape index (κ1) is 16.7. The van der Waals surface area contributed by atoms with E-state index < -0.39 is 23.3 Å². The summed E-state index contributed by atoms with van der Waals surface area (Å²) in [5, 5.41) is 5.33. The number of rotatable bonds is 4. The Labute approximate surface area is 146 Å². The molecule has 6 nitrogen and oxygen atoms in total. The number of dihydropyridines is 1. The van der Waals surface area contributed by atoms with E-state index in [2.05, 4.69) is 20.6 Å². The lowest BCUT2D eigenvalue weighted by atomic mass is 10.1. The van der Waals surface area contributed by atoms with Crippen molar-refractivity contribution in [1.82, 2.24) is 10.3 Å². The molecule has 0 radical (unpaired) electrons. The van der Waals surface area contributed by atoms with Crippen LogP contribution < -0.4 is 10.6 Å². The fourth-order valence-corrected chi connectivity index (χ4v) is 3.06. The molecule has 0 saturated heterocycles. The fourth-order valence-electron chi connectivity index (χ4n) is 3.06. The van der Waals surface area contributed by atoms with Gasteiger partial charge in [0.05, 0.1) is 17.4 Å². The topological polar surface area (TPSA) is 83.4 Å². The molecule has 2 N–H and O–H groups in total. The van der Waals surface area contributed by atoms with Crippen LogP contribution in [-0.2, 0) is 15.8 Å². The van der Waals surface area contributed by atoms with Gasteiger partial charge < -0.3 is 10.6 Å². The minimum absolute atomic E-state index is 0.0280. The van der Waals surface area contributed by atoms with Crippen LogP contribution in [0.3, 0.4) is 0 Å². The minimum atomic E-state index is -4.54. The van der Waals surface area contributed by atoms with Crippen LogP contribution in [0.4, 0.5) is 18.9 Å². The molecule has 0 spiro atoms. The highest BCUT2D eigenvalue weighted by atomic mass is 19.4. The highest BCUT2D eigenvalue weighted by Gasteiger charge is 2.60. The van der Waals surface area contributed by atoms with Crippen LogP contribution in [0.1, 0.15) is 24.8 Å². The molecule has 0 aromatic carbocycles. The van der Waals surface area contributed by atoms with Crippen molar-refractivity contribution in [2.24, 2.45) is 16.8 Å². The number of fused-ring (bicyclic) bond motifs is 1. The van der Waals surface area contributed by atoms with E-state index in [-0.39, 0.29) is 23.4 Å². The number of carbonyl (C=O) groups excluding carboxylic acids is 2. The normalized spacial score (nSPS) is 26.6. The number of pyridine rings is 1. The van der Waals surface area contributed by atoms with Crippen molar-refractivity contribution >= 4 is 23.7 Å². The Morgan fingerprint density at radius 2 is 2.00 bits per heavy atom. The van der Waals surface area contributed by atoms with Crippen LogP contribution in [0, 0.1) is 11.8 Å². The van der Waals surface area contributed by atoms with Crippen molar-refractivity contribution in [3.05, 3.63) is 35.7 Å². The Kier molecular flexibility index (Phi) is 3.64. The van der Waals surface area contributed by atoms with Crippen LogP contribution in [0.25, 0.3) is 0 Å². The van der Waals surface area contributed by atoms with Gasteiger partial charge in [-0.3, -0.25) is 19.6 Å². The summed E-state index contributed by atoms with van der Waals surface area (Å²) in [5.74, 6) is -0.827. The Hall–Kier alpha value is -2.71. The quantitative estimate of drug-likeness (QED) is 0.860. The number of nitrogens with zero attached hydrogens (tertiary/aromatic N) is 2. The number of carbonyl (C=O) groups is 2. The molecule has 136 valence electrons. The van der Waals surface area contributed by atoms with Gasteiger partial charge in [0.25, 0.3) is 5.91 Å². The molecule has 2 aliphatic carbocycles. The van der Waals surface area contributed by atoms with Gasteiger partial charge in [0, 0.05) is 36.2 Å². The van der Waals surface area contributed by atoms with E-state index >= 15 is 0 Å². The second kappa shape index (κ2) is 5.65. The molecule has 2 amide bonds. The molecule has 2 atom stereocenters. The van der Waals surface area contributed by atoms with E-state index in [1.54, 1.807) is 0 Å². The lowest BCUT2D eigenvalue weighted by Crippen LogP contribution is -2.40.